The molecule has 4 heteroatoms. The molecule has 0 saturated carbocycles. The van der Waals surface area contributed by atoms with Crippen LogP contribution in [0.4, 0.5) is 0 Å². The Labute approximate surface area is 70.1 Å². The van der Waals surface area contributed by atoms with Gasteiger partial charge in [-0.05, 0) is 10.9 Å². The van der Waals surface area contributed by atoms with Gasteiger partial charge in [0.1, 0.15) is 5.75 Å². The highest BCUT2D eigenvalue weighted by Crippen LogP contribution is 2.00. The minimum atomic E-state index is -0.863. The molecule has 66 valence electrons. The molecule has 0 aliphatic carbocycles. The molecule has 0 spiro atoms. The van der Waals surface area contributed by atoms with E-state index in [1.165, 1.54) is 7.11 Å². The predicted molar refractivity (Wildman–Crippen MR) is 47.1 cm³/mol. The maximum atomic E-state index is 10.4. The van der Waals surface area contributed by atoms with E-state index in [9.17, 15) is 4.79 Å². The summed E-state index contributed by atoms with van der Waals surface area (Å²) < 4.78 is 4.77. The third kappa shape index (κ3) is 5.09. The number of hydrogen-bond acceptors (Lipinski definition) is 2. The molecule has 0 aliphatic rings. The van der Waals surface area contributed by atoms with Crippen molar-refractivity contribution in [3.8, 4) is 0 Å². The zero-order valence-corrected chi connectivity index (χ0v) is 7.98. The highest BCUT2D eigenvalue weighted by atomic mass is 32.2. The minimum Gasteiger partial charge on any atom is -0.479 e. The second-order valence-corrected chi connectivity index (χ2v) is 4.92. The van der Waals surface area contributed by atoms with Gasteiger partial charge in [-0.3, -0.25) is 0 Å². The number of aliphatic carboxylic acids is 1. The first-order valence-electron chi connectivity index (χ1n) is 3.37. The Kier molecular flexibility index (Phi) is 5.32. The van der Waals surface area contributed by atoms with E-state index in [-0.39, 0.29) is 0 Å². The van der Waals surface area contributed by atoms with Gasteiger partial charge in [-0.2, -0.15) is 0 Å². The third-order valence-corrected chi connectivity index (χ3v) is 2.40. The lowest BCUT2D eigenvalue weighted by molar-refractivity contribution is -0.148. The minimum absolute atomic E-state index is 0.302. The highest BCUT2D eigenvalue weighted by molar-refractivity contribution is 7.95. The van der Waals surface area contributed by atoms with E-state index in [2.05, 4.69) is 12.5 Å². The van der Waals surface area contributed by atoms with E-state index in [0.29, 0.717) is 17.3 Å². The van der Waals surface area contributed by atoms with E-state index >= 15 is 0 Å². The summed E-state index contributed by atoms with van der Waals surface area (Å²) in [6, 6.07) is 0. The van der Waals surface area contributed by atoms with Crippen LogP contribution in [-0.4, -0.2) is 42.6 Å². The summed E-state index contributed by atoms with van der Waals surface area (Å²) in [7, 11) is 1.74. The average Bonchev–Trinajstić information content (AvgIpc) is 1.87. The van der Waals surface area contributed by atoms with Crippen LogP contribution in [0.2, 0.25) is 0 Å². The lowest BCUT2D eigenvalue weighted by atomic mass is 10.3. The van der Waals surface area contributed by atoms with Gasteiger partial charge in [0.2, 0.25) is 0 Å². The molecule has 0 aliphatic heterocycles. The number of carboxylic acid groups (broad SMARTS) is 1. The summed E-state index contributed by atoms with van der Waals surface area (Å²) in [5.41, 5.74) is 0. The van der Waals surface area contributed by atoms with E-state index in [1.54, 1.807) is 0 Å². The van der Waals surface area contributed by atoms with Gasteiger partial charge >= 0.3 is 5.97 Å². The topological polar surface area (TPSA) is 46.5 Å². The van der Waals surface area contributed by atoms with Gasteiger partial charge in [0, 0.05) is 13.5 Å². The Morgan fingerprint density at radius 1 is 1.64 bits per heavy atom. The third-order valence-electron chi connectivity index (χ3n) is 1.35. The Morgan fingerprint density at radius 2 is 2.18 bits per heavy atom. The maximum Gasteiger partial charge on any atom is 0.332 e. The fourth-order valence-electron chi connectivity index (χ4n) is 0.685. The zero-order chi connectivity index (χ0) is 8.85. The Balaban J connectivity index is 3.61. The van der Waals surface area contributed by atoms with Gasteiger partial charge in [-0.25, -0.2) is 4.79 Å². The smallest absolute Gasteiger partial charge is 0.332 e. The molecule has 11 heavy (non-hydrogen) atoms. The molecular formula is C7H15O3S+. The monoisotopic (exact) mass is 179 g/mol. The van der Waals surface area contributed by atoms with E-state index in [1.807, 2.05) is 0 Å². The van der Waals surface area contributed by atoms with Crippen molar-refractivity contribution in [3.05, 3.63) is 0 Å². The summed E-state index contributed by atoms with van der Waals surface area (Å²) in [4.78, 5) is 10.4. The quantitative estimate of drug-likeness (QED) is 0.620. The second-order valence-electron chi connectivity index (χ2n) is 2.54. The first-order valence-corrected chi connectivity index (χ1v) is 5.58. The fourth-order valence-corrected chi connectivity index (χ4v) is 1.37. The van der Waals surface area contributed by atoms with Crippen molar-refractivity contribution >= 4 is 16.9 Å². The van der Waals surface area contributed by atoms with Crippen molar-refractivity contribution < 1.29 is 14.6 Å². The summed E-state index contributed by atoms with van der Waals surface area (Å²) in [6.45, 7) is 0. The van der Waals surface area contributed by atoms with Crippen molar-refractivity contribution in [2.24, 2.45) is 0 Å². The molecule has 3 nitrogen and oxygen atoms in total. The van der Waals surface area contributed by atoms with Crippen LogP contribution >= 0.6 is 0 Å². The summed E-state index contributed by atoms with van der Waals surface area (Å²) in [5.74, 6) is 0.0584. The Morgan fingerprint density at radius 3 is 2.45 bits per heavy atom. The standard InChI is InChI=1S/C7H14O3S/c1-10-6(7(8)9)4-5-11(2)3/h6H,4-5H2,1-3H3/p+1. The van der Waals surface area contributed by atoms with Crippen LogP contribution in [0.1, 0.15) is 6.42 Å². The normalized spacial score (nSPS) is 13.5. The summed E-state index contributed by atoms with van der Waals surface area (Å²) in [6.07, 6.45) is 4.18. The Hall–Kier alpha value is -0.220. The van der Waals surface area contributed by atoms with Gasteiger partial charge in [0.25, 0.3) is 0 Å². The molecular weight excluding hydrogens is 164 g/mol. The van der Waals surface area contributed by atoms with Crippen LogP contribution in [0.5, 0.6) is 0 Å². The van der Waals surface area contributed by atoms with Crippen molar-refractivity contribution in [2.75, 3.05) is 25.4 Å². The molecule has 0 amide bonds. The first-order chi connectivity index (χ1) is 5.07. The lowest BCUT2D eigenvalue weighted by Crippen LogP contribution is -2.25. The Bertz CT molecular complexity index is 125. The number of ether oxygens (including phenoxy) is 1. The summed E-state index contributed by atoms with van der Waals surface area (Å²) in [5, 5.41) is 8.56. The van der Waals surface area contributed by atoms with Gasteiger partial charge < -0.3 is 9.84 Å². The number of rotatable bonds is 5. The molecule has 0 bridgehead atoms. The van der Waals surface area contributed by atoms with E-state index < -0.39 is 12.1 Å². The molecule has 0 fully saturated rings. The van der Waals surface area contributed by atoms with Gasteiger partial charge in [-0.1, -0.05) is 0 Å². The van der Waals surface area contributed by atoms with E-state index in [4.69, 9.17) is 9.84 Å². The van der Waals surface area contributed by atoms with Crippen molar-refractivity contribution in [1.82, 2.24) is 0 Å². The van der Waals surface area contributed by atoms with Gasteiger partial charge in [0.15, 0.2) is 6.10 Å². The first kappa shape index (κ1) is 10.8. The molecule has 0 radical (unpaired) electrons. The van der Waals surface area contributed by atoms with Crippen molar-refractivity contribution in [1.29, 1.82) is 0 Å². The molecule has 1 unspecified atom stereocenters. The lowest BCUT2D eigenvalue weighted by Gasteiger charge is -2.07. The van der Waals surface area contributed by atoms with Crippen LogP contribution in [0, 0.1) is 0 Å². The molecule has 1 atom stereocenters. The molecule has 1 N–H and O–H groups in total. The van der Waals surface area contributed by atoms with Crippen molar-refractivity contribution in [3.63, 3.8) is 0 Å². The van der Waals surface area contributed by atoms with Crippen LogP contribution in [0.3, 0.4) is 0 Å². The molecule has 0 saturated heterocycles. The number of methoxy groups -OCH3 is 1. The van der Waals surface area contributed by atoms with Crippen LogP contribution in [0.15, 0.2) is 0 Å². The molecule has 0 aromatic carbocycles. The maximum absolute atomic E-state index is 10.4. The van der Waals surface area contributed by atoms with E-state index in [0.717, 1.165) is 5.75 Å². The zero-order valence-electron chi connectivity index (χ0n) is 7.16. The fraction of sp³-hybridized carbons (Fsp3) is 0.857. The van der Waals surface area contributed by atoms with Crippen LogP contribution in [-0.2, 0) is 20.4 Å². The van der Waals surface area contributed by atoms with Crippen molar-refractivity contribution in [2.45, 2.75) is 12.5 Å². The van der Waals surface area contributed by atoms with Gasteiger partial charge in [-0.15, -0.1) is 0 Å². The molecule has 0 heterocycles. The van der Waals surface area contributed by atoms with Crippen LogP contribution in [0.25, 0.3) is 0 Å². The van der Waals surface area contributed by atoms with Gasteiger partial charge in [0.05, 0.1) is 12.5 Å². The number of carboxylic acids is 1. The van der Waals surface area contributed by atoms with Crippen LogP contribution < -0.4 is 0 Å². The molecule has 0 aromatic rings. The predicted octanol–water partition coefficient (Wildman–Crippen LogP) is 0.354. The highest BCUT2D eigenvalue weighted by Gasteiger charge is 2.18. The SMILES string of the molecule is COC(CC[S+](C)C)C(=O)O. The average molecular weight is 179 g/mol. The molecule has 0 rings (SSSR count). The molecule has 0 aromatic heterocycles. The summed E-state index contributed by atoms with van der Waals surface area (Å²) >= 11 is 0. The number of carbonyl (C=O) groups is 1. The second kappa shape index (κ2) is 5.43. The largest absolute Gasteiger partial charge is 0.479 e. The number of hydrogen-bond donors (Lipinski definition) is 1.